The van der Waals surface area contributed by atoms with E-state index in [2.05, 4.69) is 38.1 Å². The molecule has 2 aromatic carbocycles. The van der Waals surface area contributed by atoms with Gasteiger partial charge in [0, 0.05) is 11.1 Å². The van der Waals surface area contributed by atoms with Crippen LogP contribution in [0.3, 0.4) is 0 Å². The average molecular weight is 268 g/mol. The number of nitrogen functional groups attached to an aromatic ring is 1. The maximum absolute atomic E-state index is 5.83. The van der Waals surface area contributed by atoms with E-state index in [1.54, 1.807) is 11.3 Å². The SMILES string of the molecule is CC(C)(c1ccccc1)c1nc2ccc(N)cc2s1. The predicted octanol–water partition coefficient (Wildman–Crippen LogP) is 4.20. The molecule has 0 saturated heterocycles. The summed E-state index contributed by atoms with van der Waals surface area (Å²) in [4.78, 5) is 4.76. The third kappa shape index (κ3) is 2.10. The monoisotopic (exact) mass is 268 g/mol. The molecule has 1 heterocycles. The summed E-state index contributed by atoms with van der Waals surface area (Å²) in [5.74, 6) is 0. The molecule has 0 atom stereocenters. The van der Waals surface area contributed by atoms with E-state index in [0.717, 1.165) is 20.9 Å². The highest BCUT2D eigenvalue weighted by Crippen LogP contribution is 2.36. The largest absolute Gasteiger partial charge is 0.399 e. The van der Waals surface area contributed by atoms with E-state index in [0.29, 0.717) is 0 Å². The number of hydrogen-bond donors (Lipinski definition) is 1. The molecule has 2 nitrogen and oxygen atoms in total. The second kappa shape index (κ2) is 4.35. The van der Waals surface area contributed by atoms with Crippen LogP contribution in [0.25, 0.3) is 10.2 Å². The number of aromatic nitrogens is 1. The van der Waals surface area contributed by atoms with Crippen LogP contribution >= 0.6 is 11.3 Å². The fourth-order valence-corrected chi connectivity index (χ4v) is 3.33. The lowest BCUT2D eigenvalue weighted by atomic mass is 9.85. The van der Waals surface area contributed by atoms with Crippen molar-refractivity contribution in [3.8, 4) is 0 Å². The Morgan fingerprint density at radius 2 is 1.79 bits per heavy atom. The third-order valence-electron chi connectivity index (χ3n) is 3.44. The van der Waals surface area contributed by atoms with E-state index < -0.39 is 0 Å². The molecule has 3 aromatic rings. The number of anilines is 1. The van der Waals surface area contributed by atoms with Gasteiger partial charge >= 0.3 is 0 Å². The molecule has 0 unspecified atom stereocenters. The van der Waals surface area contributed by atoms with Crippen LogP contribution in [0.15, 0.2) is 48.5 Å². The Balaban J connectivity index is 2.13. The van der Waals surface area contributed by atoms with Crippen LogP contribution in [-0.4, -0.2) is 4.98 Å². The van der Waals surface area contributed by atoms with Crippen molar-refractivity contribution < 1.29 is 0 Å². The molecular weight excluding hydrogens is 252 g/mol. The summed E-state index contributed by atoms with van der Waals surface area (Å²) in [5, 5.41) is 1.12. The number of hydrogen-bond acceptors (Lipinski definition) is 3. The lowest BCUT2D eigenvalue weighted by Gasteiger charge is -2.22. The first-order valence-electron chi connectivity index (χ1n) is 6.29. The number of thiazole rings is 1. The summed E-state index contributed by atoms with van der Waals surface area (Å²) in [6.45, 7) is 4.42. The molecule has 0 fully saturated rings. The highest BCUT2D eigenvalue weighted by Gasteiger charge is 2.26. The van der Waals surface area contributed by atoms with E-state index in [9.17, 15) is 0 Å². The molecule has 0 radical (unpaired) electrons. The molecule has 1 aromatic heterocycles. The molecule has 0 bridgehead atoms. The molecular formula is C16H16N2S. The second-order valence-electron chi connectivity index (χ2n) is 5.24. The Labute approximate surface area is 116 Å². The van der Waals surface area contributed by atoms with Gasteiger partial charge < -0.3 is 5.73 Å². The number of rotatable bonds is 2. The summed E-state index contributed by atoms with van der Waals surface area (Å²) in [5.41, 5.74) is 8.85. The Kier molecular flexibility index (Phi) is 2.79. The van der Waals surface area contributed by atoms with Gasteiger partial charge in [0.2, 0.25) is 0 Å². The fraction of sp³-hybridized carbons (Fsp3) is 0.188. The molecule has 0 aliphatic heterocycles. The summed E-state index contributed by atoms with van der Waals surface area (Å²) in [6.07, 6.45) is 0. The Morgan fingerprint density at radius 1 is 1.05 bits per heavy atom. The first kappa shape index (κ1) is 12.2. The standard InChI is InChI=1S/C16H16N2S/c1-16(2,11-6-4-3-5-7-11)15-18-13-9-8-12(17)10-14(13)19-15/h3-10H,17H2,1-2H3. The van der Waals surface area contributed by atoms with E-state index in [4.69, 9.17) is 10.7 Å². The van der Waals surface area contributed by atoms with Gasteiger partial charge in [0.1, 0.15) is 5.01 Å². The molecule has 0 amide bonds. The Bertz CT molecular complexity index is 714. The Hall–Kier alpha value is -1.87. The number of nitrogens with two attached hydrogens (primary N) is 1. The van der Waals surface area contributed by atoms with Crippen molar-refractivity contribution in [3.63, 3.8) is 0 Å². The minimum atomic E-state index is -0.0836. The van der Waals surface area contributed by atoms with Gasteiger partial charge in [0.25, 0.3) is 0 Å². The van der Waals surface area contributed by atoms with Crippen LogP contribution in [0.1, 0.15) is 24.4 Å². The molecule has 0 aliphatic rings. The number of nitrogens with zero attached hydrogens (tertiary/aromatic N) is 1. The first-order valence-corrected chi connectivity index (χ1v) is 7.11. The zero-order valence-electron chi connectivity index (χ0n) is 11.1. The zero-order chi connectivity index (χ0) is 13.5. The predicted molar refractivity (Wildman–Crippen MR) is 82.6 cm³/mol. The molecule has 96 valence electrons. The molecule has 3 rings (SSSR count). The van der Waals surface area contributed by atoms with Crippen LogP contribution in [0.2, 0.25) is 0 Å². The quantitative estimate of drug-likeness (QED) is 0.707. The van der Waals surface area contributed by atoms with Crippen molar-refractivity contribution in [2.45, 2.75) is 19.3 Å². The highest BCUT2D eigenvalue weighted by molar-refractivity contribution is 7.18. The fourth-order valence-electron chi connectivity index (χ4n) is 2.19. The first-order chi connectivity index (χ1) is 9.07. The van der Waals surface area contributed by atoms with Crippen LogP contribution in [0.5, 0.6) is 0 Å². The third-order valence-corrected chi connectivity index (χ3v) is 4.78. The van der Waals surface area contributed by atoms with Gasteiger partial charge in [-0.2, -0.15) is 0 Å². The van der Waals surface area contributed by atoms with Crippen LogP contribution in [0.4, 0.5) is 5.69 Å². The van der Waals surface area contributed by atoms with E-state index in [1.807, 2.05) is 24.3 Å². The molecule has 3 heteroatoms. The van der Waals surface area contributed by atoms with Gasteiger partial charge in [0.05, 0.1) is 10.2 Å². The lowest BCUT2D eigenvalue weighted by Crippen LogP contribution is -2.18. The minimum Gasteiger partial charge on any atom is -0.399 e. The molecule has 0 aliphatic carbocycles. The smallest absolute Gasteiger partial charge is 0.104 e. The maximum atomic E-state index is 5.83. The maximum Gasteiger partial charge on any atom is 0.104 e. The van der Waals surface area contributed by atoms with Crippen molar-refractivity contribution in [1.29, 1.82) is 0 Å². The van der Waals surface area contributed by atoms with Gasteiger partial charge in [-0.25, -0.2) is 4.98 Å². The highest BCUT2D eigenvalue weighted by atomic mass is 32.1. The van der Waals surface area contributed by atoms with Gasteiger partial charge in [-0.05, 0) is 37.6 Å². The molecule has 2 N–H and O–H groups in total. The van der Waals surface area contributed by atoms with Crippen LogP contribution in [0, 0.1) is 0 Å². The van der Waals surface area contributed by atoms with Crippen molar-refractivity contribution in [1.82, 2.24) is 4.98 Å². The van der Waals surface area contributed by atoms with E-state index in [1.165, 1.54) is 5.56 Å². The summed E-state index contributed by atoms with van der Waals surface area (Å²) >= 11 is 1.72. The average Bonchev–Trinajstić information content (AvgIpc) is 2.83. The number of fused-ring (bicyclic) bond motifs is 1. The van der Waals surface area contributed by atoms with Gasteiger partial charge in [-0.15, -0.1) is 11.3 Å². The van der Waals surface area contributed by atoms with Gasteiger partial charge in [0.15, 0.2) is 0 Å². The normalized spacial score (nSPS) is 11.9. The van der Waals surface area contributed by atoms with Crippen molar-refractivity contribution in [3.05, 3.63) is 59.1 Å². The summed E-state index contributed by atoms with van der Waals surface area (Å²) < 4.78 is 1.15. The number of benzene rings is 2. The lowest BCUT2D eigenvalue weighted by molar-refractivity contribution is 0.637. The molecule has 0 spiro atoms. The van der Waals surface area contributed by atoms with E-state index >= 15 is 0 Å². The minimum absolute atomic E-state index is 0.0836. The second-order valence-corrected chi connectivity index (χ2v) is 6.27. The van der Waals surface area contributed by atoms with Crippen LogP contribution < -0.4 is 5.73 Å². The van der Waals surface area contributed by atoms with Crippen molar-refractivity contribution in [2.24, 2.45) is 0 Å². The molecule has 19 heavy (non-hydrogen) atoms. The summed E-state index contributed by atoms with van der Waals surface area (Å²) in [6, 6.07) is 16.4. The van der Waals surface area contributed by atoms with Gasteiger partial charge in [-0.3, -0.25) is 0 Å². The molecule has 0 saturated carbocycles. The van der Waals surface area contributed by atoms with E-state index in [-0.39, 0.29) is 5.41 Å². The van der Waals surface area contributed by atoms with Crippen LogP contribution in [-0.2, 0) is 5.41 Å². The van der Waals surface area contributed by atoms with Crippen molar-refractivity contribution in [2.75, 3.05) is 5.73 Å². The topological polar surface area (TPSA) is 38.9 Å². The summed E-state index contributed by atoms with van der Waals surface area (Å²) in [7, 11) is 0. The van der Waals surface area contributed by atoms with Crippen molar-refractivity contribution >= 4 is 27.2 Å². The zero-order valence-corrected chi connectivity index (χ0v) is 11.9. The van der Waals surface area contributed by atoms with Gasteiger partial charge in [-0.1, -0.05) is 30.3 Å². The Morgan fingerprint density at radius 3 is 2.53 bits per heavy atom.